The fourth-order valence-corrected chi connectivity index (χ4v) is 2.89. The highest BCUT2D eigenvalue weighted by Crippen LogP contribution is 2.24. The summed E-state index contributed by atoms with van der Waals surface area (Å²) in [7, 11) is 0. The Labute approximate surface area is 140 Å². The van der Waals surface area contributed by atoms with Crippen molar-refractivity contribution in [2.24, 2.45) is 0 Å². The molecule has 2 heterocycles. The van der Waals surface area contributed by atoms with Crippen LogP contribution in [0.25, 0.3) is 0 Å². The van der Waals surface area contributed by atoms with Crippen molar-refractivity contribution in [1.82, 2.24) is 15.0 Å². The standard InChI is InChI=1S/C16H21N5O3/c1-3-15-17-16(24-18-15)12(2)19-8-10-20(11-9-19)13-4-6-14(7-5-13)21(22)23/h4-7,12H,3,8-11H2,1-2H3/t12-/m0/s1. The molecule has 0 radical (unpaired) electrons. The van der Waals surface area contributed by atoms with Crippen molar-refractivity contribution in [3.05, 3.63) is 46.1 Å². The van der Waals surface area contributed by atoms with Crippen LogP contribution in [0, 0.1) is 10.1 Å². The van der Waals surface area contributed by atoms with Crippen LogP contribution in [-0.2, 0) is 6.42 Å². The second-order valence-electron chi connectivity index (χ2n) is 5.87. The first-order chi connectivity index (χ1) is 11.6. The quantitative estimate of drug-likeness (QED) is 0.614. The molecule has 24 heavy (non-hydrogen) atoms. The van der Waals surface area contributed by atoms with Crippen molar-refractivity contribution >= 4 is 11.4 Å². The number of aromatic nitrogens is 2. The van der Waals surface area contributed by atoms with Gasteiger partial charge in [0.15, 0.2) is 5.82 Å². The molecule has 1 aliphatic rings. The Bertz CT molecular complexity index is 692. The molecule has 1 aromatic heterocycles. The van der Waals surface area contributed by atoms with E-state index in [2.05, 4.69) is 26.9 Å². The zero-order chi connectivity index (χ0) is 17.1. The lowest BCUT2D eigenvalue weighted by atomic mass is 10.2. The van der Waals surface area contributed by atoms with E-state index in [-0.39, 0.29) is 16.7 Å². The summed E-state index contributed by atoms with van der Waals surface area (Å²) in [5, 5.41) is 14.7. The predicted octanol–water partition coefficient (Wildman–Crippen LogP) is 2.42. The van der Waals surface area contributed by atoms with E-state index in [0.717, 1.165) is 44.1 Å². The molecule has 0 N–H and O–H groups in total. The molecular formula is C16H21N5O3. The number of nitro groups is 1. The molecule has 0 bridgehead atoms. The molecule has 3 rings (SSSR count). The summed E-state index contributed by atoms with van der Waals surface area (Å²) in [5.74, 6) is 1.40. The monoisotopic (exact) mass is 331 g/mol. The summed E-state index contributed by atoms with van der Waals surface area (Å²) in [5.41, 5.74) is 1.13. The summed E-state index contributed by atoms with van der Waals surface area (Å²) in [4.78, 5) is 19.3. The van der Waals surface area contributed by atoms with Crippen molar-refractivity contribution < 1.29 is 9.45 Å². The molecule has 0 saturated carbocycles. The Hall–Kier alpha value is -2.48. The number of hydrogen-bond acceptors (Lipinski definition) is 7. The van der Waals surface area contributed by atoms with E-state index in [0.29, 0.717) is 5.89 Å². The molecule has 128 valence electrons. The van der Waals surface area contributed by atoms with Crippen molar-refractivity contribution in [2.45, 2.75) is 26.3 Å². The predicted molar refractivity (Wildman–Crippen MR) is 89.0 cm³/mol. The largest absolute Gasteiger partial charge is 0.369 e. The molecular weight excluding hydrogens is 310 g/mol. The van der Waals surface area contributed by atoms with Crippen LogP contribution in [0.4, 0.5) is 11.4 Å². The lowest BCUT2D eigenvalue weighted by Gasteiger charge is -2.38. The van der Waals surface area contributed by atoms with E-state index in [1.165, 1.54) is 0 Å². The average molecular weight is 331 g/mol. The number of piperazine rings is 1. The van der Waals surface area contributed by atoms with Crippen LogP contribution in [0.1, 0.15) is 31.6 Å². The Morgan fingerprint density at radius 3 is 2.46 bits per heavy atom. The van der Waals surface area contributed by atoms with Gasteiger partial charge in [-0.15, -0.1) is 0 Å². The lowest BCUT2D eigenvalue weighted by Crippen LogP contribution is -2.47. The highest BCUT2D eigenvalue weighted by atomic mass is 16.6. The Morgan fingerprint density at radius 1 is 1.25 bits per heavy atom. The second-order valence-corrected chi connectivity index (χ2v) is 5.87. The van der Waals surface area contributed by atoms with Gasteiger partial charge in [-0.25, -0.2) is 0 Å². The van der Waals surface area contributed by atoms with Crippen LogP contribution in [0.5, 0.6) is 0 Å². The first kappa shape index (κ1) is 16.4. The van der Waals surface area contributed by atoms with Crippen LogP contribution in [-0.4, -0.2) is 46.1 Å². The van der Waals surface area contributed by atoms with E-state index < -0.39 is 0 Å². The maximum absolute atomic E-state index is 10.7. The molecule has 1 fully saturated rings. The number of hydrogen-bond donors (Lipinski definition) is 0. The summed E-state index contributed by atoms with van der Waals surface area (Å²) >= 11 is 0. The molecule has 0 aliphatic carbocycles. The van der Waals surface area contributed by atoms with E-state index in [9.17, 15) is 10.1 Å². The van der Waals surface area contributed by atoms with Gasteiger partial charge >= 0.3 is 0 Å². The zero-order valence-electron chi connectivity index (χ0n) is 13.9. The lowest BCUT2D eigenvalue weighted by molar-refractivity contribution is -0.384. The second kappa shape index (κ2) is 6.96. The molecule has 1 aliphatic heterocycles. The van der Waals surface area contributed by atoms with Crippen molar-refractivity contribution in [3.63, 3.8) is 0 Å². The van der Waals surface area contributed by atoms with Crippen LogP contribution < -0.4 is 4.90 Å². The highest BCUT2D eigenvalue weighted by Gasteiger charge is 2.25. The van der Waals surface area contributed by atoms with Gasteiger partial charge in [-0.1, -0.05) is 12.1 Å². The number of benzene rings is 1. The highest BCUT2D eigenvalue weighted by molar-refractivity contribution is 5.51. The third-order valence-electron chi connectivity index (χ3n) is 4.45. The van der Waals surface area contributed by atoms with Crippen molar-refractivity contribution in [1.29, 1.82) is 0 Å². The Morgan fingerprint density at radius 2 is 1.92 bits per heavy atom. The number of anilines is 1. The average Bonchev–Trinajstić information content (AvgIpc) is 3.10. The van der Waals surface area contributed by atoms with Gasteiger partial charge in [-0.05, 0) is 19.1 Å². The SMILES string of the molecule is CCc1noc([C@H](C)N2CCN(c3ccc([N+](=O)[O-])cc3)CC2)n1. The molecule has 0 spiro atoms. The van der Waals surface area contributed by atoms with Crippen molar-refractivity contribution in [2.75, 3.05) is 31.1 Å². The minimum atomic E-state index is -0.377. The first-order valence-corrected chi connectivity index (χ1v) is 8.14. The number of aryl methyl sites for hydroxylation is 1. The van der Waals surface area contributed by atoms with Crippen LogP contribution >= 0.6 is 0 Å². The maximum atomic E-state index is 10.7. The van der Waals surface area contributed by atoms with E-state index in [4.69, 9.17) is 4.52 Å². The smallest absolute Gasteiger partial charge is 0.269 e. The molecule has 2 aromatic rings. The molecule has 0 unspecified atom stereocenters. The number of rotatable bonds is 5. The maximum Gasteiger partial charge on any atom is 0.269 e. The van der Waals surface area contributed by atoms with E-state index in [1.807, 2.05) is 19.1 Å². The Balaban J connectivity index is 1.59. The van der Waals surface area contributed by atoms with Gasteiger partial charge in [0, 0.05) is 50.4 Å². The number of non-ortho nitro benzene ring substituents is 1. The number of nitro benzene ring substituents is 1. The summed E-state index contributed by atoms with van der Waals surface area (Å²) in [6.45, 7) is 7.55. The van der Waals surface area contributed by atoms with Gasteiger partial charge in [0.05, 0.1) is 11.0 Å². The summed E-state index contributed by atoms with van der Waals surface area (Å²) in [6.07, 6.45) is 0.768. The molecule has 0 amide bonds. The van der Waals surface area contributed by atoms with Crippen LogP contribution in [0.3, 0.4) is 0 Å². The minimum Gasteiger partial charge on any atom is -0.369 e. The fraction of sp³-hybridized carbons (Fsp3) is 0.500. The topological polar surface area (TPSA) is 88.5 Å². The van der Waals surface area contributed by atoms with Gasteiger partial charge < -0.3 is 9.42 Å². The third-order valence-corrected chi connectivity index (χ3v) is 4.45. The summed E-state index contributed by atoms with van der Waals surface area (Å²) in [6, 6.07) is 6.81. The zero-order valence-corrected chi connectivity index (χ0v) is 13.9. The van der Waals surface area contributed by atoms with Gasteiger partial charge in [0.1, 0.15) is 0 Å². The third kappa shape index (κ3) is 3.38. The van der Waals surface area contributed by atoms with Crippen LogP contribution in [0.2, 0.25) is 0 Å². The summed E-state index contributed by atoms with van der Waals surface area (Å²) < 4.78 is 5.34. The van der Waals surface area contributed by atoms with Gasteiger partial charge in [-0.2, -0.15) is 4.98 Å². The fourth-order valence-electron chi connectivity index (χ4n) is 2.89. The van der Waals surface area contributed by atoms with Crippen LogP contribution in [0.15, 0.2) is 28.8 Å². The van der Waals surface area contributed by atoms with Gasteiger partial charge in [0.25, 0.3) is 5.69 Å². The normalized spacial score (nSPS) is 17.0. The van der Waals surface area contributed by atoms with Gasteiger partial charge in [0.2, 0.25) is 5.89 Å². The molecule has 1 saturated heterocycles. The molecule has 8 nitrogen and oxygen atoms in total. The van der Waals surface area contributed by atoms with Gasteiger partial charge in [-0.3, -0.25) is 15.0 Å². The van der Waals surface area contributed by atoms with E-state index >= 15 is 0 Å². The molecule has 8 heteroatoms. The Kier molecular flexibility index (Phi) is 4.75. The molecule has 1 atom stereocenters. The number of nitrogens with zero attached hydrogens (tertiary/aromatic N) is 5. The van der Waals surface area contributed by atoms with Crippen molar-refractivity contribution in [3.8, 4) is 0 Å². The molecule has 1 aromatic carbocycles. The first-order valence-electron chi connectivity index (χ1n) is 8.14. The van der Waals surface area contributed by atoms with E-state index in [1.54, 1.807) is 12.1 Å². The minimum absolute atomic E-state index is 0.0943.